The lowest BCUT2D eigenvalue weighted by Crippen LogP contribution is -2.14. The summed E-state index contributed by atoms with van der Waals surface area (Å²) < 4.78 is 2.70. The lowest BCUT2D eigenvalue weighted by molar-refractivity contribution is 0.403. The Hall–Kier alpha value is -2.38. The second-order valence-electron chi connectivity index (χ2n) is 5.88. The minimum absolute atomic E-state index is 0.122. The van der Waals surface area contributed by atoms with E-state index < -0.39 is 0 Å². The van der Waals surface area contributed by atoms with Crippen LogP contribution < -0.4 is 4.80 Å². The van der Waals surface area contributed by atoms with E-state index in [1.807, 2.05) is 43.5 Å². The predicted octanol–water partition coefficient (Wildman–Crippen LogP) is 4.58. The van der Waals surface area contributed by atoms with Gasteiger partial charge >= 0.3 is 0 Å². The van der Waals surface area contributed by atoms with Gasteiger partial charge in [-0.2, -0.15) is 5.10 Å². The van der Waals surface area contributed by atoms with Gasteiger partial charge in [0.25, 0.3) is 0 Å². The van der Waals surface area contributed by atoms with Crippen molar-refractivity contribution in [2.24, 2.45) is 10.1 Å². The molecule has 0 aliphatic heterocycles. The molecule has 0 fully saturated rings. The summed E-state index contributed by atoms with van der Waals surface area (Å²) >= 11 is 5.08. The highest BCUT2D eigenvalue weighted by atomic mass is 79.9. The maximum Gasteiger partial charge on any atom is 0.206 e. The summed E-state index contributed by atoms with van der Waals surface area (Å²) in [7, 11) is 0. The van der Waals surface area contributed by atoms with Crippen molar-refractivity contribution in [3.63, 3.8) is 0 Å². The number of hydrogen-bond donors (Lipinski definition) is 2. The Morgan fingerprint density at radius 1 is 1.12 bits per heavy atom. The number of nitrogens with zero attached hydrogens (tertiary/aromatic N) is 3. The van der Waals surface area contributed by atoms with Crippen LogP contribution in [0, 0.1) is 0 Å². The molecule has 5 nitrogen and oxygen atoms in total. The molecule has 1 aromatic heterocycles. The molecule has 0 bridgehead atoms. The number of aromatic hydroxyl groups is 2. The highest BCUT2D eigenvalue weighted by Crippen LogP contribution is 2.29. The Labute approximate surface area is 163 Å². The molecule has 0 amide bonds. The quantitative estimate of drug-likeness (QED) is 0.468. The van der Waals surface area contributed by atoms with E-state index in [9.17, 15) is 10.2 Å². The van der Waals surface area contributed by atoms with Gasteiger partial charge in [-0.05, 0) is 32.0 Å². The third-order valence-electron chi connectivity index (χ3n) is 3.56. The zero-order valence-electron chi connectivity index (χ0n) is 14.3. The van der Waals surface area contributed by atoms with E-state index in [0.29, 0.717) is 5.56 Å². The van der Waals surface area contributed by atoms with Crippen molar-refractivity contribution < 1.29 is 10.2 Å². The smallest absolute Gasteiger partial charge is 0.206 e. The maximum absolute atomic E-state index is 9.99. The van der Waals surface area contributed by atoms with Crippen molar-refractivity contribution in [1.82, 2.24) is 4.68 Å². The highest BCUT2D eigenvalue weighted by Gasteiger charge is 2.11. The number of hydrogen-bond acceptors (Lipinski definition) is 5. The molecule has 0 unspecified atom stereocenters. The number of rotatable bonds is 4. The van der Waals surface area contributed by atoms with Crippen LogP contribution in [0.5, 0.6) is 11.5 Å². The average Bonchev–Trinajstić information content (AvgIpc) is 2.98. The summed E-state index contributed by atoms with van der Waals surface area (Å²) in [5.41, 5.74) is 2.31. The molecular weight excluding hydrogens is 414 g/mol. The summed E-state index contributed by atoms with van der Waals surface area (Å²) in [6.07, 6.45) is 1.52. The highest BCUT2D eigenvalue weighted by molar-refractivity contribution is 9.10. The fraction of sp³-hybridized carbons (Fsp3) is 0.158. The first kappa shape index (κ1) is 18.4. The molecule has 3 aromatic rings. The van der Waals surface area contributed by atoms with Gasteiger partial charge in [-0.1, -0.05) is 40.2 Å². The summed E-state index contributed by atoms with van der Waals surface area (Å²) in [6.45, 7) is 4.01. The van der Waals surface area contributed by atoms with E-state index in [1.54, 1.807) is 16.8 Å². The van der Waals surface area contributed by atoms with Crippen LogP contribution in [0.2, 0.25) is 0 Å². The fourth-order valence-electron chi connectivity index (χ4n) is 2.35. The van der Waals surface area contributed by atoms with Crippen LogP contribution in [-0.2, 0) is 0 Å². The molecular formula is C19H18BrN3O2S. The topological polar surface area (TPSA) is 70.1 Å². The van der Waals surface area contributed by atoms with Crippen molar-refractivity contribution in [1.29, 1.82) is 0 Å². The summed E-state index contributed by atoms with van der Waals surface area (Å²) in [4.78, 5) is 5.38. The van der Waals surface area contributed by atoms with Crippen molar-refractivity contribution in [3.8, 4) is 22.8 Å². The number of thiazole rings is 1. The van der Waals surface area contributed by atoms with Crippen LogP contribution >= 0.6 is 27.3 Å². The maximum atomic E-state index is 9.99. The minimum Gasteiger partial charge on any atom is -0.504 e. The first-order chi connectivity index (χ1) is 12.5. The number of benzene rings is 2. The average molecular weight is 432 g/mol. The van der Waals surface area contributed by atoms with Crippen molar-refractivity contribution in [2.75, 3.05) is 0 Å². The third kappa shape index (κ3) is 3.89. The van der Waals surface area contributed by atoms with Crippen LogP contribution in [0.25, 0.3) is 11.3 Å². The van der Waals surface area contributed by atoms with Gasteiger partial charge in [0, 0.05) is 27.0 Å². The number of phenolic OH excluding ortho intramolecular Hbond substituents is 2. The molecule has 0 radical (unpaired) electrons. The van der Waals surface area contributed by atoms with Gasteiger partial charge in [-0.15, -0.1) is 11.3 Å². The normalized spacial score (nSPS) is 12.4. The predicted molar refractivity (Wildman–Crippen MR) is 109 cm³/mol. The van der Waals surface area contributed by atoms with Gasteiger partial charge in [0.1, 0.15) is 0 Å². The van der Waals surface area contributed by atoms with Crippen molar-refractivity contribution in [2.45, 2.75) is 19.9 Å². The first-order valence-electron chi connectivity index (χ1n) is 8.02. The lowest BCUT2D eigenvalue weighted by Gasteiger charge is -2.06. The number of phenols is 2. The first-order valence-corrected chi connectivity index (χ1v) is 9.69. The van der Waals surface area contributed by atoms with Crippen molar-refractivity contribution in [3.05, 3.63) is 62.7 Å². The molecule has 0 aliphatic rings. The third-order valence-corrected chi connectivity index (χ3v) is 5.08. The second kappa shape index (κ2) is 7.88. The van der Waals surface area contributed by atoms with E-state index in [-0.39, 0.29) is 17.5 Å². The van der Waals surface area contributed by atoms with E-state index in [1.165, 1.54) is 23.6 Å². The molecule has 0 saturated carbocycles. The Morgan fingerprint density at radius 2 is 1.88 bits per heavy atom. The Balaban J connectivity index is 2.15. The van der Waals surface area contributed by atoms with E-state index in [4.69, 9.17) is 0 Å². The zero-order chi connectivity index (χ0) is 18.7. The summed E-state index contributed by atoms with van der Waals surface area (Å²) in [6, 6.07) is 12.8. The number of aromatic nitrogens is 1. The largest absolute Gasteiger partial charge is 0.504 e. The molecule has 2 N–H and O–H groups in total. The Bertz CT molecular complexity index is 1020. The zero-order valence-corrected chi connectivity index (χ0v) is 16.7. The molecule has 134 valence electrons. The molecule has 26 heavy (non-hydrogen) atoms. The van der Waals surface area contributed by atoms with Gasteiger partial charge in [0.05, 0.1) is 11.9 Å². The van der Waals surface area contributed by atoms with Crippen LogP contribution in [-0.4, -0.2) is 27.1 Å². The van der Waals surface area contributed by atoms with Crippen LogP contribution in [0.3, 0.4) is 0 Å². The summed E-state index contributed by atoms with van der Waals surface area (Å²) in [5, 5.41) is 26.2. The van der Waals surface area contributed by atoms with Crippen molar-refractivity contribution >= 4 is 33.5 Å². The molecule has 2 aromatic carbocycles. The van der Waals surface area contributed by atoms with Gasteiger partial charge in [0.15, 0.2) is 11.5 Å². The lowest BCUT2D eigenvalue weighted by atomic mass is 10.2. The minimum atomic E-state index is -0.197. The SMILES string of the molecule is CC(C)N=c1scc(-c2ccccc2Br)n1N=Cc1cccc(O)c1O. The number of para-hydroxylation sites is 1. The number of halogens is 1. The molecule has 0 aliphatic carbocycles. The van der Waals surface area contributed by atoms with E-state index in [2.05, 4.69) is 26.0 Å². The molecule has 3 rings (SSSR count). The van der Waals surface area contributed by atoms with E-state index in [0.717, 1.165) is 20.5 Å². The Kier molecular flexibility index (Phi) is 5.58. The summed E-state index contributed by atoms with van der Waals surface area (Å²) in [5.74, 6) is -0.376. The van der Waals surface area contributed by atoms with Crippen LogP contribution in [0.4, 0.5) is 0 Å². The van der Waals surface area contributed by atoms with Gasteiger partial charge in [-0.3, -0.25) is 4.99 Å². The Morgan fingerprint density at radius 3 is 2.62 bits per heavy atom. The van der Waals surface area contributed by atoms with Gasteiger partial charge in [0.2, 0.25) is 4.80 Å². The monoisotopic (exact) mass is 431 g/mol. The molecule has 0 spiro atoms. The van der Waals surface area contributed by atoms with Crippen LogP contribution in [0.1, 0.15) is 19.4 Å². The van der Waals surface area contributed by atoms with Crippen LogP contribution in [0.15, 0.2) is 62.4 Å². The second-order valence-corrected chi connectivity index (χ2v) is 7.57. The molecule has 0 saturated heterocycles. The van der Waals surface area contributed by atoms with Gasteiger partial charge < -0.3 is 10.2 Å². The van der Waals surface area contributed by atoms with Gasteiger partial charge in [-0.25, -0.2) is 4.68 Å². The molecule has 7 heteroatoms. The standard InChI is InChI=1S/C19H18BrN3O2S/c1-12(2)22-19-23(21-10-13-6-5-9-17(24)18(13)25)16(11-26-19)14-7-3-4-8-15(14)20/h3-12,24-25H,1-2H3. The molecule has 1 heterocycles. The molecule has 0 atom stereocenters. The fourth-order valence-corrected chi connectivity index (χ4v) is 3.80. The van der Waals surface area contributed by atoms with E-state index >= 15 is 0 Å².